The Morgan fingerprint density at radius 3 is 2.97 bits per heavy atom. The van der Waals surface area contributed by atoms with Crippen molar-refractivity contribution in [2.24, 2.45) is 0 Å². The average Bonchev–Trinajstić information content (AvgIpc) is 3.55. The van der Waals surface area contributed by atoms with Crippen molar-refractivity contribution in [1.29, 1.82) is 0 Å². The van der Waals surface area contributed by atoms with Crippen LogP contribution in [0.4, 0.5) is 0 Å². The summed E-state index contributed by atoms with van der Waals surface area (Å²) in [5.41, 5.74) is 2.82. The number of nitrogens with zero attached hydrogens (tertiary/aromatic N) is 7. The fourth-order valence-electron chi connectivity index (χ4n) is 3.83. The van der Waals surface area contributed by atoms with E-state index in [2.05, 4.69) is 30.3 Å². The van der Waals surface area contributed by atoms with E-state index in [0.717, 1.165) is 54.4 Å². The number of aromatic nitrogens is 7. The van der Waals surface area contributed by atoms with Gasteiger partial charge in [0.05, 0.1) is 37.8 Å². The van der Waals surface area contributed by atoms with E-state index < -0.39 is 0 Å². The van der Waals surface area contributed by atoms with Crippen LogP contribution in [0.5, 0.6) is 5.75 Å². The number of benzene rings is 1. The van der Waals surface area contributed by atoms with E-state index in [1.807, 2.05) is 58.4 Å². The normalized spacial score (nSPS) is 14.8. The van der Waals surface area contributed by atoms with Crippen LogP contribution < -0.4 is 10.1 Å². The molecule has 0 bridgehead atoms. The Morgan fingerprint density at radius 1 is 1.20 bits per heavy atom. The van der Waals surface area contributed by atoms with Gasteiger partial charge in [0.25, 0.3) is 0 Å². The number of ether oxygens (including phenoxy) is 1. The van der Waals surface area contributed by atoms with Gasteiger partial charge in [0.1, 0.15) is 11.4 Å². The predicted molar refractivity (Wildman–Crippen MR) is 112 cm³/mol. The summed E-state index contributed by atoms with van der Waals surface area (Å²) in [6, 6.07) is 8.23. The molecule has 1 saturated heterocycles. The Balaban J connectivity index is 1.35. The Labute approximate surface area is 174 Å². The van der Waals surface area contributed by atoms with Crippen molar-refractivity contribution in [3.05, 3.63) is 60.8 Å². The molecule has 1 aromatic carbocycles. The lowest BCUT2D eigenvalue weighted by Gasteiger charge is -2.22. The van der Waals surface area contributed by atoms with Gasteiger partial charge in [-0.3, -0.25) is 0 Å². The molecule has 4 heterocycles. The van der Waals surface area contributed by atoms with Crippen LogP contribution in [0, 0.1) is 0 Å². The Bertz CT molecular complexity index is 1120. The molecule has 9 nitrogen and oxygen atoms in total. The van der Waals surface area contributed by atoms with Gasteiger partial charge in [-0.2, -0.15) is 5.10 Å². The standard InChI is InChI=1S/C21H24N8O/c1-30-19-4-2-3-18(11-19)28-14-16(12-24-28)13-27-10-9-23-21(27)20-15-29(26-25-20)17-5-7-22-8-6-17/h2-4,9-12,14-15,17,22H,5-8,13H2,1H3. The first-order chi connectivity index (χ1) is 14.8. The van der Waals surface area contributed by atoms with Crippen molar-refractivity contribution in [2.45, 2.75) is 25.4 Å². The van der Waals surface area contributed by atoms with E-state index in [4.69, 9.17) is 4.74 Å². The molecule has 5 rings (SSSR count). The maximum atomic E-state index is 5.31. The molecule has 1 aliphatic rings. The summed E-state index contributed by atoms with van der Waals surface area (Å²) in [4.78, 5) is 4.52. The summed E-state index contributed by atoms with van der Waals surface area (Å²) in [5.74, 6) is 1.61. The second-order valence-corrected chi connectivity index (χ2v) is 7.44. The molecule has 0 amide bonds. The zero-order valence-electron chi connectivity index (χ0n) is 16.8. The summed E-state index contributed by atoms with van der Waals surface area (Å²) in [6.07, 6.45) is 11.8. The van der Waals surface area contributed by atoms with E-state index in [-0.39, 0.29) is 0 Å². The molecule has 0 saturated carbocycles. The van der Waals surface area contributed by atoms with Gasteiger partial charge in [-0.15, -0.1) is 5.10 Å². The fraction of sp³-hybridized carbons (Fsp3) is 0.333. The summed E-state index contributed by atoms with van der Waals surface area (Å²) < 4.78 is 11.2. The zero-order chi connectivity index (χ0) is 20.3. The zero-order valence-corrected chi connectivity index (χ0v) is 16.8. The molecular formula is C21H24N8O. The second-order valence-electron chi connectivity index (χ2n) is 7.44. The molecule has 1 fully saturated rings. The highest BCUT2D eigenvalue weighted by Gasteiger charge is 2.18. The molecule has 0 radical (unpaired) electrons. The lowest BCUT2D eigenvalue weighted by molar-refractivity contribution is 0.337. The largest absolute Gasteiger partial charge is 0.497 e. The summed E-state index contributed by atoms with van der Waals surface area (Å²) >= 11 is 0. The van der Waals surface area contributed by atoms with E-state index in [1.165, 1.54) is 0 Å². The number of imidazole rings is 1. The number of hydrogen-bond donors (Lipinski definition) is 1. The van der Waals surface area contributed by atoms with Gasteiger partial charge < -0.3 is 14.6 Å². The van der Waals surface area contributed by atoms with Crippen molar-refractivity contribution >= 4 is 0 Å². The van der Waals surface area contributed by atoms with Gasteiger partial charge in [-0.05, 0) is 38.1 Å². The van der Waals surface area contributed by atoms with Crippen LogP contribution in [0.15, 0.2) is 55.2 Å². The minimum atomic E-state index is 0.400. The van der Waals surface area contributed by atoms with Gasteiger partial charge in [0.2, 0.25) is 0 Å². The number of rotatable bonds is 6. The van der Waals surface area contributed by atoms with Crippen molar-refractivity contribution in [1.82, 2.24) is 39.6 Å². The number of nitrogens with one attached hydrogen (secondary N) is 1. The number of hydrogen-bond acceptors (Lipinski definition) is 6. The van der Waals surface area contributed by atoms with Crippen molar-refractivity contribution in [3.8, 4) is 23.0 Å². The third-order valence-electron chi connectivity index (χ3n) is 5.44. The summed E-state index contributed by atoms with van der Waals surface area (Å²) in [6.45, 7) is 2.69. The number of methoxy groups -OCH3 is 1. The predicted octanol–water partition coefficient (Wildman–Crippen LogP) is 2.31. The van der Waals surface area contributed by atoms with E-state index in [1.54, 1.807) is 13.3 Å². The first-order valence-electron chi connectivity index (χ1n) is 10.1. The Hall–Kier alpha value is -3.46. The molecule has 0 spiro atoms. The lowest BCUT2D eigenvalue weighted by atomic mass is 10.1. The Kier molecular flexibility index (Phi) is 5.02. The average molecular weight is 404 g/mol. The van der Waals surface area contributed by atoms with E-state index in [9.17, 15) is 0 Å². The van der Waals surface area contributed by atoms with Crippen molar-refractivity contribution in [2.75, 3.05) is 20.2 Å². The lowest BCUT2D eigenvalue weighted by Crippen LogP contribution is -2.29. The summed E-state index contributed by atoms with van der Waals surface area (Å²) in [7, 11) is 1.66. The van der Waals surface area contributed by atoms with Gasteiger partial charge in [-0.25, -0.2) is 14.3 Å². The highest BCUT2D eigenvalue weighted by Crippen LogP contribution is 2.22. The van der Waals surface area contributed by atoms with Gasteiger partial charge in [0.15, 0.2) is 5.82 Å². The molecule has 3 aromatic heterocycles. The minimum absolute atomic E-state index is 0.400. The molecule has 1 aliphatic heterocycles. The SMILES string of the molecule is COc1cccc(-n2cc(Cn3ccnc3-c3cn(C4CCNCC4)nn3)cn2)c1. The minimum Gasteiger partial charge on any atom is -0.497 e. The maximum Gasteiger partial charge on any atom is 0.162 e. The first kappa shape index (κ1) is 18.6. The van der Waals surface area contributed by atoms with Crippen LogP contribution in [-0.2, 0) is 6.54 Å². The third-order valence-corrected chi connectivity index (χ3v) is 5.44. The molecule has 4 aromatic rings. The second kappa shape index (κ2) is 8.11. The monoisotopic (exact) mass is 404 g/mol. The topological polar surface area (TPSA) is 87.6 Å². The van der Waals surface area contributed by atoms with Crippen LogP contribution >= 0.6 is 0 Å². The van der Waals surface area contributed by atoms with E-state index >= 15 is 0 Å². The van der Waals surface area contributed by atoms with E-state index in [0.29, 0.717) is 12.6 Å². The molecule has 30 heavy (non-hydrogen) atoms. The van der Waals surface area contributed by atoms with Gasteiger partial charge in [-0.1, -0.05) is 11.3 Å². The molecule has 0 aliphatic carbocycles. The van der Waals surface area contributed by atoms with Crippen LogP contribution in [0.2, 0.25) is 0 Å². The Morgan fingerprint density at radius 2 is 2.10 bits per heavy atom. The number of piperidine rings is 1. The first-order valence-corrected chi connectivity index (χ1v) is 10.1. The van der Waals surface area contributed by atoms with Crippen LogP contribution in [0.25, 0.3) is 17.2 Å². The molecule has 154 valence electrons. The molecule has 9 heteroatoms. The van der Waals surface area contributed by atoms with Crippen LogP contribution in [0.1, 0.15) is 24.4 Å². The van der Waals surface area contributed by atoms with Gasteiger partial charge >= 0.3 is 0 Å². The summed E-state index contributed by atoms with van der Waals surface area (Å²) in [5, 5.41) is 16.6. The van der Waals surface area contributed by atoms with Crippen molar-refractivity contribution < 1.29 is 4.74 Å². The smallest absolute Gasteiger partial charge is 0.162 e. The fourth-order valence-corrected chi connectivity index (χ4v) is 3.83. The molecule has 0 atom stereocenters. The quantitative estimate of drug-likeness (QED) is 0.531. The molecule has 1 N–H and O–H groups in total. The van der Waals surface area contributed by atoms with Crippen LogP contribution in [-0.4, -0.2) is 54.5 Å². The van der Waals surface area contributed by atoms with Gasteiger partial charge in [0, 0.05) is 30.2 Å². The third kappa shape index (κ3) is 3.71. The molecule has 0 unspecified atom stereocenters. The maximum absolute atomic E-state index is 5.31. The highest BCUT2D eigenvalue weighted by atomic mass is 16.5. The van der Waals surface area contributed by atoms with Crippen molar-refractivity contribution in [3.63, 3.8) is 0 Å². The van der Waals surface area contributed by atoms with Crippen LogP contribution in [0.3, 0.4) is 0 Å². The molecular weight excluding hydrogens is 380 g/mol. The highest BCUT2D eigenvalue weighted by molar-refractivity contribution is 5.48.